The standard InChI is InChI=1S/C19H22FNO2/c1-12(2)17-9-8-13(3)10-18(17)23-14(4)19(22)21-16-7-5-6-15(20)11-16/h5-12,14H,1-4H3,(H,21,22)/t14-/m0/s1. The number of aryl methyl sites for hydroxylation is 1. The Morgan fingerprint density at radius 3 is 2.52 bits per heavy atom. The maximum absolute atomic E-state index is 13.2. The van der Waals surface area contributed by atoms with E-state index in [2.05, 4.69) is 19.2 Å². The van der Waals surface area contributed by atoms with Crippen molar-refractivity contribution in [3.63, 3.8) is 0 Å². The van der Waals surface area contributed by atoms with Crippen molar-refractivity contribution in [1.82, 2.24) is 0 Å². The van der Waals surface area contributed by atoms with Gasteiger partial charge in [0.15, 0.2) is 6.10 Å². The van der Waals surface area contributed by atoms with Crippen molar-refractivity contribution in [2.75, 3.05) is 5.32 Å². The fourth-order valence-electron chi connectivity index (χ4n) is 2.27. The van der Waals surface area contributed by atoms with Crippen molar-refractivity contribution < 1.29 is 13.9 Å². The molecule has 23 heavy (non-hydrogen) atoms. The first kappa shape index (κ1) is 17.0. The number of nitrogens with one attached hydrogen (secondary N) is 1. The highest BCUT2D eigenvalue weighted by molar-refractivity contribution is 5.94. The zero-order chi connectivity index (χ0) is 17.0. The molecule has 0 aliphatic heterocycles. The topological polar surface area (TPSA) is 38.3 Å². The molecule has 2 aromatic carbocycles. The molecule has 0 spiro atoms. The Hall–Kier alpha value is -2.36. The van der Waals surface area contributed by atoms with Crippen LogP contribution in [0, 0.1) is 12.7 Å². The van der Waals surface area contributed by atoms with Gasteiger partial charge in [0.2, 0.25) is 0 Å². The SMILES string of the molecule is Cc1ccc(C(C)C)c(O[C@@H](C)C(=O)Nc2cccc(F)c2)c1. The molecule has 1 N–H and O–H groups in total. The van der Waals surface area contributed by atoms with Crippen LogP contribution in [0.5, 0.6) is 5.75 Å². The van der Waals surface area contributed by atoms with E-state index in [1.807, 2.05) is 25.1 Å². The first-order chi connectivity index (χ1) is 10.9. The van der Waals surface area contributed by atoms with Gasteiger partial charge in [-0.15, -0.1) is 0 Å². The lowest BCUT2D eigenvalue weighted by atomic mass is 10.0. The smallest absolute Gasteiger partial charge is 0.265 e. The molecule has 0 fully saturated rings. The van der Waals surface area contributed by atoms with Gasteiger partial charge in [-0.25, -0.2) is 4.39 Å². The Bertz CT molecular complexity index is 698. The number of benzene rings is 2. The van der Waals surface area contributed by atoms with E-state index in [-0.39, 0.29) is 5.91 Å². The molecule has 2 rings (SSSR count). The highest BCUT2D eigenvalue weighted by atomic mass is 19.1. The van der Waals surface area contributed by atoms with Gasteiger partial charge in [-0.05, 0) is 55.2 Å². The van der Waals surface area contributed by atoms with Crippen molar-refractivity contribution in [3.8, 4) is 5.75 Å². The molecular formula is C19H22FNO2. The van der Waals surface area contributed by atoms with Crippen LogP contribution in [0.1, 0.15) is 37.8 Å². The molecule has 122 valence electrons. The summed E-state index contributed by atoms with van der Waals surface area (Å²) in [5.41, 5.74) is 2.54. The first-order valence-corrected chi connectivity index (χ1v) is 7.70. The summed E-state index contributed by atoms with van der Waals surface area (Å²) >= 11 is 0. The van der Waals surface area contributed by atoms with Crippen LogP contribution < -0.4 is 10.1 Å². The molecule has 1 atom stereocenters. The van der Waals surface area contributed by atoms with E-state index in [9.17, 15) is 9.18 Å². The van der Waals surface area contributed by atoms with E-state index >= 15 is 0 Å². The number of amides is 1. The second-order valence-electron chi connectivity index (χ2n) is 5.96. The van der Waals surface area contributed by atoms with Gasteiger partial charge in [-0.3, -0.25) is 4.79 Å². The number of hydrogen-bond acceptors (Lipinski definition) is 2. The van der Waals surface area contributed by atoms with Crippen LogP contribution >= 0.6 is 0 Å². The van der Waals surface area contributed by atoms with E-state index in [0.717, 1.165) is 11.1 Å². The summed E-state index contributed by atoms with van der Waals surface area (Å²) in [6, 6.07) is 11.8. The van der Waals surface area contributed by atoms with Crippen molar-refractivity contribution >= 4 is 11.6 Å². The minimum absolute atomic E-state index is 0.295. The number of carbonyl (C=O) groups is 1. The second kappa shape index (κ2) is 7.27. The Balaban J connectivity index is 2.11. The fraction of sp³-hybridized carbons (Fsp3) is 0.316. The van der Waals surface area contributed by atoms with Crippen LogP contribution in [0.2, 0.25) is 0 Å². The number of carbonyl (C=O) groups excluding carboxylic acids is 1. The van der Waals surface area contributed by atoms with Crippen LogP contribution in [0.15, 0.2) is 42.5 Å². The van der Waals surface area contributed by atoms with E-state index in [0.29, 0.717) is 17.4 Å². The Labute approximate surface area is 136 Å². The number of hydrogen-bond donors (Lipinski definition) is 1. The summed E-state index contributed by atoms with van der Waals surface area (Å²) in [5.74, 6) is 0.301. The number of rotatable bonds is 5. The predicted octanol–water partition coefficient (Wildman–Crippen LogP) is 4.66. The van der Waals surface area contributed by atoms with Gasteiger partial charge in [-0.2, -0.15) is 0 Å². The normalized spacial score (nSPS) is 12.1. The molecule has 0 heterocycles. The average Bonchev–Trinajstić information content (AvgIpc) is 2.46. The zero-order valence-electron chi connectivity index (χ0n) is 13.9. The predicted molar refractivity (Wildman–Crippen MR) is 90.4 cm³/mol. The molecular weight excluding hydrogens is 293 g/mol. The molecule has 0 saturated heterocycles. The molecule has 3 nitrogen and oxygen atoms in total. The van der Waals surface area contributed by atoms with Crippen LogP contribution in [-0.4, -0.2) is 12.0 Å². The summed E-state index contributed by atoms with van der Waals surface area (Å²) in [5, 5.41) is 2.66. The minimum Gasteiger partial charge on any atom is -0.481 e. The number of ether oxygens (including phenoxy) is 1. The molecule has 2 aromatic rings. The van der Waals surface area contributed by atoms with E-state index in [1.165, 1.54) is 12.1 Å². The van der Waals surface area contributed by atoms with Gasteiger partial charge >= 0.3 is 0 Å². The summed E-state index contributed by atoms with van der Waals surface area (Å²) in [6.07, 6.45) is -0.683. The quantitative estimate of drug-likeness (QED) is 0.871. The van der Waals surface area contributed by atoms with Crippen molar-refractivity contribution in [1.29, 1.82) is 0 Å². The van der Waals surface area contributed by atoms with E-state index in [4.69, 9.17) is 4.74 Å². The van der Waals surface area contributed by atoms with Gasteiger partial charge in [0.1, 0.15) is 11.6 Å². The summed E-state index contributed by atoms with van der Waals surface area (Å²) in [6.45, 7) is 7.82. The molecule has 0 unspecified atom stereocenters. The van der Waals surface area contributed by atoms with Gasteiger partial charge in [0.05, 0.1) is 0 Å². The van der Waals surface area contributed by atoms with Crippen LogP contribution in [0.3, 0.4) is 0 Å². The number of halogens is 1. The van der Waals surface area contributed by atoms with Gasteiger partial charge in [-0.1, -0.05) is 32.0 Å². The highest BCUT2D eigenvalue weighted by Gasteiger charge is 2.18. The summed E-state index contributed by atoms with van der Waals surface area (Å²) in [4.78, 5) is 12.2. The lowest BCUT2D eigenvalue weighted by Crippen LogP contribution is -2.30. The zero-order valence-corrected chi connectivity index (χ0v) is 13.9. The Kier molecular flexibility index (Phi) is 5.37. The van der Waals surface area contributed by atoms with Crippen molar-refractivity contribution in [2.45, 2.75) is 39.7 Å². The molecule has 0 aromatic heterocycles. The molecule has 0 aliphatic carbocycles. The summed E-state index contributed by atoms with van der Waals surface area (Å²) < 4.78 is 19.0. The highest BCUT2D eigenvalue weighted by Crippen LogP contribution is 2.28. The first-order valence-electron chi connectivity index (χ1n) is 7.70. The average molecular weight is 315 g/mol. The Morgan fingerprint density at radius 1 is 1.13 bits per heavy atom. The molecule has 0 saturated carbocycles. The van der Waals surface area contributed by atoms with E-state index in [1.54, 1.807) is 19.1 Å². The molecule has 1 amide bonds. The monoisotopic (exact) mass is 315 g/mol. The fourth-order valence-corrected chi connectivity index (χ4v) is 2.27. The lowest BCUT2D eigenvalue weighted by Gasteiger charge is -2.19. The van der Waals surface area contributed by atoms with Crippen molar-refractivity contribution in [3.05, 3.63) is 59.4 Å². The number of anilines is 1. The van der Waals surface area contributed by atoms with Gasteiger partial charge in [0.25, 0.3) is 5.91 Å². The largest absolute Gasteiger partial charge is 0.481 e. The third-order valence-corrected chi connectivity index (χ3v) is 3.56. The van der Waals surface area contributed by atoms with Crippen LogP contribution in [-0.2, 0) is 4.79 Å². The van der Waals surface area contributed by atoms with Crippen LogP contribution in [0.25, 0.3) is 0 Å². The molecule has 0 radical (unpaired) electrons. The summed E-state index contributed by atoms with van der Waals surface area (Å²) in [7, 11) is 0. The maximum atomic E-state index is 13.2. The minimum atomic E-state index is -0.683. The molecule has 4 heteroatoms. The van der Waals surface area contributed by atoms with Gasteiger partial charge in [0, 0.05) is 5.69 Å². The maximum Gasteiger partial charge on any atom is 0.265 e. The molecule has 0 bridgehead atoms. The van der Waals surface area contributed by atoms with Crippen LogP contribution in [0.4, 0.5) is 10.1 Å². The van der Waals surface area contributed by atoms with Crippen molar-refractivity contribution in [2.24, 2.45) is 0 Å². The van der Waals surface area contributed by atoms with Gasteiger partial charge < -0.3 is 10.1 Å². The van der Waals surface area contributed by atoms with E-state index < -0.39 is 11.9 Å². The molecule has 0 aliphatic rings. The third kappa shape index (κ3) is 4.55. The second-order valence-corrected chi connectivity index (χ2v) is 5.96. The Morgan fingerprint density at radius 2 is 1.87 bits per heavy atom. The third-order valence-electron chi connectivity index (χ3n) is 3.56. The lowest BCUT2D eigenvalue weighted by molar-refractivity contribution is -0.122.